The van der Waals surface area contributed by atoms with Gasteiger partial charge in [-0.2, -0.15) is 0 Å². The maximum atomic E-state index is 11.0. The van der Waals surface area contributed by atoms with Crippen LogP contribution in [-0.2, 0) is 11.3 Å². The van der Waals surface area contributed by atoms with Gasteiger partial charge in [-0.25, -0.2) is 4.98 Å². The molecule has 1 amide bonds. The summed E-state index contributed by atoms with van der Waals surface area (Å²) in [6.45, 7) is 6.83. The summed E-state index contributed by atoms with van der Waals surface area (Å²) in [6, 6.07) is 12.2. The minimum Gasteiger partial charge on any atom is -0.494 e. The van der Waals surface area contributed by atoms with E-state index in [0.29, 0.717) is 13.2 Å². The second kappa shape index (κ2) is 7.80. The van der Waals surface area contributed by atoms with E-state index >= 15 is 0 Å². The number of carbonyl (C=O) groups excluding carboxylic acids is 1. The first-order valence-electron chi connectivity index (χ1n) is 8.11. The zero-order valence-electron chi connectivity index (χ0n) is 14.5. The first-order valence-corrected chi connectivity index (χ1v) is 9.74. The van der Waals surface area contributed by atoms with Crippen molar-refractivity contribution in [2.24, 2.45) is 0 Å². The zero-order chi connectivity index (χ0) is 17.8. The molecule has 0 fully saturated rings. The third kappa shape index (κ3) is 4.27. The van der Waals surface area contributed by atoms with Crippen molar-refractivity contribution in [3.05, 3.63) is 46.2 Å². The number of nitrogens with zero attached hydrogens (tertiary/aromatic N) is 1. The van der Waals surface area contributed by atoms with Gasteiger partial charge in [0.05, 0.1) is 23.7 Å². The van der Waals surface area contributed by atoms with E-state index in [2.05, 4.69) is 18.3 Å². The highest BCUT2D eigenvalue weighted by Gasteiger charge is 2.13. The SMILES string of the molecule is CCOc1ccc(-c2nc(-c3ccc(CNC(C)=O)s3)c(C)s2)cc1. The molecule has 25 heavy (non-hydrogen) atoms. The number of thiazole rings is 1. The summed E-state index contributed by atoms with van der Waals surface area (Å²) >= 11 is 3.36. The molecule has 0 aliphatic carbocycles. The van der Waals surface area contributed by atoms with Crippen LogP contribution in [0, 0.1) is 6.92 Å². The van der Waals surface area contributed by atoms with Gasteiger partial charge in [-0.3, -0.25) is 4.79 Å². The molecule has 0 spiro atoms. The van der Waals surface area contributed by atoms with Crippen molar-refractivity contribution < 1.29 is 9.53 Å². The predicted molar refractivity (Wildman–Crippen MR) is 104 cm³/mol. The highest BCUT2D eigenvalue weighted by atomic mass is 32.1. The Morgan fingerprint density at radius 2 is 1.92 bits per heavy atom. The third-order valence-corrected chi connectivity index (χ3v) is 5.73. The van der Waals surface area contributed by atoms with Crippen molar-refractivity contribution in [1.29, 1.82) is 0 Å². The van der Waals surface area contributed by atoms with E-state index in [1.54, 1.807) is 22.7 Å². The van der Waals surface area contributed by atoms with E-state index in [-0.39, 0.29) is 5.91 Å². The Balaban J connectivity index is 1.81. The molecule has 0 aliphatic heterocycles. The Morgan fingerprint density at radius 1 is 1.16 bits per heavy atom. The number of rotatable bonds is 6. The van der Waals surface area contributed by atoms with Gasteiger partial charge in [0.2, 0.25) is 5.91 Å². The predicted octanol–water partition coefficient (Wildman–Crippen LogP) is 4.88. The van der Waals surface area contributed by atoms with Gasteiger partial charge in [0.15, 0.2) is 0 Å². The van der Waals surface area contributed by atoms with Crippen LogP contribution < -0.4 is 10.1 Å². The van der Waals surface area contributed by atoms with Gasteiger partial charge in [-0.1, -0.05) is 0 Å². The van der Waals surface area contributed by atoms with E-state index < -0.39 is 0 Å². The summed E-state index contributed by atoms with van der Waals surface area (Å²) in [6.07, 6.45) is 0. The van der Waals surface area contributed by atoms with Crippen LogP contribution in [0.15, 0.2) is 36.4 Å². The standard InChI is InChI=1S/C19H20N2O2S2/c1-4-23-15-7-5-14(6-8-15)19-21-18(12(2)24-19)17-10-9-16(25-17)11-20-13(3)22/h5-10H,4,11H2,1-3H3,(H,20,22). The molecule has 0 atom stereocenters. The average molecular weight is 373 g/mol. The fourth-order valence-corrected chi connectivity index (χ4v) is 4.41. The van der Waals surface area contributed by atoms with Crippen LogP contribution in [0.3, 0.4) is 0 Å². The number of hydrogen-bond donors (Lipinski definition) is 1. The molecule has 2 heterocycles. The summed E-state index contributed by atoms with van der Waals surface area (Å²) in [5.41, 5.74) is 2.12. The molecule has 0 unspecified atom stereocenters. The lowest BCUT2D eigenvalue weighted by Gasteiger charge is -2.02. The van der Waals surface area contributed by atoms with Gasteiger partial charge in [-0.05, 0) is 50.2 Å². The topological polar surface area (TPSA) is 51.2 Å². The number of hydrogen-bond acceptors (Lipinski definition) is 5. The van der Waals surface area contributed by atoms with Crippen LogP contribution in [0.2, 0.25) is 0 Å². The molecule has 0 bridgehead atoms. The highest BCUT2D eigenvalue weighted by molar-refractivity contribution is 7.17. The van der Waals surface area contributed by atoms with Crippen LogP contribution in [0.1, 0.15) is 23.6 Å². The number of benzene rings is 1. The Morgan fingerprint density at radius 3 is 2.60 bits per heavy atom. The average Bonchev–Trinajstić information content (AvgIpc) is 3.20. The van der Waals surface area contributed by atoms with E-state index in [4.69, 9.17) is 9.72 Å². The Hall–Kier alpha value is -2.18. The van der Waals surface area contributed by atoms with Gasteiger partial charge >= 0.3 is 0 Å². The maximum absolute atomic E-state index is 11.0. The first kappa shape index (κ1) is 17.6. The lowest BCUT2D eigenvalue weighted by atomic mass is 10.2. The summed E-state index contributed by atoms with van der Waals surface area (Å²) in [4.78, 5) is 19.3. The van der Waals surface area contributed by atoms with E-state index in [1.807, 2.05) is 37.3 Å². The molecule has 0 saturated carbocycles. The highest BCUT2D eigenvalue weighted by Crippen LogP contribution is 2.36. The number of ether oxygens (including phenoxy) is 1. The van der Waals surface area contributed by atoms with Gasteiger partial charge in [-0.15, -0.1) is 22.7 Å². The number of aromatic nitrogens is 1. The molecule has 4 nitrogen and oxygen atoms in total. The van der Waals surface area contributed by atoms with Crippen molar-refractivity contribution in [1.82, 2.24) is 10.3 Å². The second-order valence-corrected chi connectivity index (χ2v) is 7.93. The number of thiophene rings is 1. The maximum Gasteiger partial charge on any atom is 0.217 e. The van der Waals surface area contributed by atoms with Crippen molar-refractivity contribution in [3.8, 4) is 26.9 Å². The fraction of sp³-hybridized carbons (Fsp3) is 0.263. The number of aryl methyl sites for hydroxylation is 1. The van der Waals surface area contributed by atoms with Gasteiger partial charge in [0.25, 0.3) is 0 Å². The van der Waals surface area contributed by atoms with Crippen molar-refractivity contribution in [2.75, 3.05) is 6.61 Å². The smallest absolute Gasteiger partial charge is 0.217 e. The van der Waals surface area contributed by atoms with E-state index in [9.17, 15) is 4.79 Å². The van der Waals surface area contributed by atoms with Crippen LogP contribution >= 0.6 is 22.7 Å². The molecular formula is C19H20N2O2S2. The quantitative estimate of drug-likeness (QED) is 0.671. The van der Waals surface area contributed by atoms with Crippen LogP contribution in [0.25, 0.3) is 21.1 Å². The molecule has 3 aromatic rings. The Labute approximate surface area is 155 Å². The van der Waals surface area contributed by atoms with Crippen molar-refractivity contribution in [2.45, 2.75) is 27.3 Å². The van der Waals surface area contributed by atoms with Gasteiger partial charge < -0.3 is 10.1 Å². The molecule has 1 aromatic carbocycles. The third-order valence-electron chi connectivity index (χ3n) is 3.62. The summed E-state index contributed by atoms with van der Waals surface area (Å²) in [7, 11) is 0. The monoisotopic (exact) mass is 372 g/mol. The molecule has 130 valence electrons. The molecule has 6 heteroatoms. The number of nitrogens with one attached hydrogen (secondary N) is 1. The minimum atomic E-state index is -0.0161. The van der Waals surface area contributed by atoms with Gasteiger partial charge in [0, 0.05) is 22.2 Å². The molecule has 1 N–H and O–H groups in total. The normalized spacial score (nSPS) is 10.7. The summed E-state index contributed by atoms with van der Waals surface area (Å²) in [5, 5.41) is 3.84. The molecule has 3 rings (SSSR count). The molecule has 2 aromatic heterocycles. The molecule has 0 saturated heterocycles. The Kier molecular flexibility index (Phi) is 5.50. The first-order chi connectivity index (χ1) is 12.1. The molecular weight excluding hydrogens is 352 g/mol. The van der Waals surface area contributed by atoms with Crippen LogP contribution in [-0.4, -0.2) is 17.5 Å². The van der Waals surface area contributed by atoms with Crippen LogP contribution in [0.5, 0.6) is 5.75 Å². The number of amides is 1. The van der Waals surface area contributed by atoms with Gasteiger partial charge in [0.1, 0.15) is 10.8 Å². The van der Waals surface area contributed by atoms with Crippen molar-refractivity contribution in [3.63, 3.8) is 0 Å². The van der Waals surface area contributed by atoms with E-state index in [1.165, 1.54) is 11.8 Å². The minimum absolute atomic E-state index is 0.0161. The largest absolute Gasteiger partial charge is 0.494 e. The summed E-state index contributed by atoms with van der Waals surface area (Å²) < 4.78 is 5.49. The molecule has 0 radical (unpaired) electrons. The number of carbonyl (C=O) groups is 1. The molecule has 0 aliphatic rings. The fourth-order valence-electron chi connectivity index (χ4n) is 2.42. The second-order valence-electron chi connectivity index (χ2n) is 5.56. The zero-order valence-corrected chi connectivity index (χ0v) is 16.1. The van der Waals surface area contributed by atoms with Crippen LogP contribution in [0.4, 0.5) is 0 Å². The van der Waals surface area contributed by atoms with E-state index in [0.717, 1.165) is 31.8 Å². The lowest BCUT2D eigenvalue weighted by Crippen LogP contribution is -2.17. The summed E-state index contributed by atoms with van der Waals surface area (Å²) in [5.74, 6) is 0.859. The Bertz CT molecular complexity index is 866. The lowest BCUT2D eigenvalue weighted by molar-refractivity contribution is -0.119. The van der Waals surface area contributed by atoms with Crippen molar-refractivity contribution >= 4 is 28.6 Å².